The van der Waals surface area contributed by atoms with Crippen LogP contribution in [-0.4, -0.2) is 5.11 Å². The van der Waals surface area contributed by atoms with Crippen LogP contribution in [0.1, 0.15) is 4.88 Å². The summed E-state index contributed by atoms with van der Waals surface area (Å²) in [5.74, 6) is 0.874. The van der Waals surface area contributed by atoms with Crippen LogP contribution >= 0.6 is 11.3 Å². The van der Waals surface area contributed by atoms with Gasteiger partial charge in [0.15, 0.2) is 0 Å². The molecule has 3 rings (SSSR count). The van der Waals surface area contributed by atoms with Crippen molar-refractivity contribution in [1.29, 1.82) is 0 Å². The van der Waals surface area contributed by atoms with Crippen LogP contribution in [0, 0.1) is 0 Å². The summed E-state index contributed by atoms with van der Waals surface area (Å²) in [6, 6.07) is 14.8. The summed E-state index contributed by atoms with van der Waals surface area (Å²) in [4.78, 5) is 1.13. The number of rotatable bonds is 3. The summed E-state index contributed by atoms with van der Waals surface area (Å²) in [6.07, 6.45) is 0. The molecule has 1 heterocycles. The summed E-state index contributed by atoms with van der Waals surface area (Å²) in [7, 11) is 0. The van der Waals surface area contributed by atoms with E-state index >= 15 is 0 Å². The molecule has 3 N–H and O–H groups in total. The molecule has 0 spiro atoms. The Bertz CT molecular complexity index is 721. The Labute approximate surface area is 114 Å². The number of hydrogen-bond donors (Lipinski definition) is 2. The van der Waals surface area contributed by atoms with E-state index in [2.05, 4.69) is 6.07 Å². The second kappa shape index (κ2) is 4.82. The molecule has 0 saturated heterocycles. The van der Waals surface area contributed by atoms with Crippen molar-refractivity contribution >= 4 is 27.1 Å². The fourth-order valence-electron chi connectivity index (χ4n) is 1.92. The number of thiophene rings is 1. The van der Waals surface area contributed by atoms with Crippen molar-refractivity contribution < 1.29 is 9.84 Å². The Kier molecular flexibility index (Phi) is 3.01. The van der Waals surface area contributed by atoms with Crippen LogP contribution in [0.25, 0.3) is 10.1 Å². The van der Waals surface area contributed by atoms with Crippen LogP contribution in [-0.2, 0) is 6.61 Å². The number of nitrogens with two attached hydrogens (primary N) is 1. The minimum Gasteiger partial charge on any atom is -0.508 e. The van der Waals surface area contributed by atoms with Gasteiger partial charge in [0.25, 0.3) is 0 Å². The molecule has 19 heavy (non-hydrogen) atoms. The lowest BCUT2D eigenvalue weighted by molar-refractivity contribution is 0.308. The number of ether oxygens (including phenoxy) is 1. The first-order valence-corrected chi connectivity index (χ1v) is 6.72. The number of aromatic hydroxyl groups is 1. The number of anilines is 1. The Morgan fingerprint density at radius 3 is 2.84 bits per heavy atom. The molecule has 3 nitrogen and oxygen atoms in total. The summed E-state index contributed by atoms with van der Waals surface area (Å²) >= 11 is 1.69. The second-order valence-corrected chi connectivity index (χ2v) is 5.46. The summed E-state index contributed by atoms with van der Waals surface area (Å²) < 4.78 is 6.85. The van der Waals surface area contributed by atoms with E-state index in [0.29, 0.717) is 12.4 Å². The number of phenolic OH excluding ortho intramolecular Hbond substituents is 1. The summed E-state index contributed by atoms with van der Waals surface area (Å²) in [6.45, 7) is 0.489. The van der Waals surface area contributed by atoms with Gasteiger partial charge in [0.1, 0.15) is 18.1 Å². The van der Waals surface area contributed by atoms with Crippen molar-refractivity contribution in [2.45, 2.75) is 6.61 Å². The number of hydrogen-bond acceptors (Lipinski definition) is 4. The lowest BCUT2D eigenvalue weighted by Gasteiger charge is -2.04. The van der Waals surface area contributed by atoms with Crippen molar-refractivity contribution in [3.63, 3.8) is 0 Å². The average Bonchev–Trinajstić information content (AvgIpc) is 2.78. The highest BCUT2D eigenvalue weighted by atomic mass is 32.1. The van der Waals surface area contributed by atoms with Gasteiger partial charge in [-0.25, -0.2) is 0 Å². The molecule has 0 unspecified atom stereocenters. The third-order valence-electron chi connectivity index (χ3n) is 2.79. The molecule has 0 saturated carbocycles. The molecule has 0 atom stereocenters. The van der Waals surface area contributed by atoms with Gasteiger partial charge >= 0.3 is 0 Å². The molecule has 0 amide bonds. The van der Waals surface area contributed by atoms with Gasteiger partial charge in [0, 0.05) is 21.3 Å². The van der Waals surface area contributed by atoms with Crippen LogP contribution < -0.4 is 10.5 Å². The first kappa shape index (κ1) is 11.9. The topological polar surface area (TPSA) is 55.5 Å². The molecule has 0 radical (unpaired) electrons. The van der Waals surface area contributed by atoms with Crippen LogP contribution in [0.4, 0.5) is 5.69 Å². The van der Waals surface area contributed by atoms with E-state index in [1.807, 2.05) is 24.3 Å². The van der Waals surface area contributed by atoms with Gasteiger partial charge in [0.2, 0.25) is 0 Å². The zero-order valence-corrected chi connectivity index (χ0v) is 11.0. The Hall–Kier alpha value is -2.20. The first-order valence-electron chi connectivity index (χ1n) is 5.90. The third kappa shape index (κ3) is 2.63. The predicted octanol–water partition coefficient (Wildman–Crippen LogP) is 3.77. The van der Waals surface area contributed by atoms with Crippen molar-refractivity contribution in [2.24, 2.45) is 0 Å². The van der Waals surface area contributed by atoms with Crippen molar-refractivity contribution in [3.05, 3.63) is 53.4 Å². The van der Waals surface area contributed by atoms with Gasteiger partial charge in [0.05, 0.1) is 0 Å². The molecule has 4 heteroatoms. The van der Waals surface area contributed by atoms with E-state index < -0.39 is 0 Å². The molecule has 0 bridgehead atoms. The predicted molar refractivity (Wildman–Crippen MR) is 78.7 cm³/mol. The molecule has 3 aromatic rings. The minimum atomic E-state index is 0.210. The molecule has 0 fully saturated rings. The molecule has 0 aliphatic heterocycles. The molecule has 0 aliphatic rings. The Morgan fingerprint density at radius 2 is 2.00 bits per heavy atom. The SMILES string of the molecule is Nc1ccc2sc(COc3cccc(O)c3)cc2c1. The maximum Gasteiger partial charge on any atom is 0.123 e. The summed E-state index contributed by atoms with van der Waals surface area (Å²) in [5, 5.41) is 10.5. The highest BCUT2D eigenvalue weighted by Crippen LogP contribution is 2.28. The van der Waals surface area contributed by atoms with Crippen LogP contribution in [0.2, 0.25) is 0 Å². The lowest BCUT2D eigenvalue weighted by Crippen LogP contribution is -1.91. The Balaban J connectivity index is 1.78. The van der Waals surface area contributed by atoms with Crippen molar-refractivity contribution in [2.75, 3.05) is 5.73 Å². The quantitative estimate of drug-likeness (QED) is 0.713. The zero-order valence-electron chi connectivity index (χ0n) is 10.2. The van der Waals surface area contributed by atoms with Gasteiger partial charge < -0.3 is 15.6 Å². The van der Waals surface area contributed by atoms with Crippen molar-refractivity contribution in [1.82, 2.24) is 0 Å². The number of fused-ring (bicyclic) bond motifs is 1. The molecular formula is C15H13NO2S. The standard InChI is InChI=1S/C15H13NO2S/c16-11-4-5-15-10(6-11)7-14(19-15)9-18-13-3-1-2-12(17)8-13/h1-8,17H,9,16H2. The molecule has 0 aliphatic carbocycles. The molecule has 96 valence electrons. The molecule has 2 aromatic carbocycles. The van der Waals surface area contributed by atoms with Gasteiger partial charge in [-0.2, -0.15) is 0 Å². The van der Waals surface area contributed by atoms with E-state index in [-0.39, 0.29) is 5.75 Å². The third-order valence-corrected chi connectivity index (χ3v) is 3.88. The maximum absolute atomic E-state index is 9.36. The van der Waals surface area contributed by atoms with E-state index in [4.69, 9.17) is 10.5 Å². The first-order chi connectivity index (χ1) is 9.20. The van der Waals surface area contributed by atoms with E-state index in [0.717, 1.165) is 16.0 Å². The smallest absolute Gasteiger partial charge is 0.123 e. The van der Waals surface area contributed by atoms with Gasteiger partial charge in [-0.15, -0.1) is 11.3 Å². The average molecular weight is 271 g/mol. The largest absolute Gasteiger partial charge is 0.508 e. The monoisotopic (exact) mass is 271 g/mol. The highest BCUT2D eigenvalue weighted by Gasteiger charge is 2.03. The maximum atomic E-state index is 9.36. The minimum absolute atomic E-state index is 0.210. The van der Waals surface area contributed by atoms with Gasteiger partial charge in [-0.3, -0.25) is 0 Å². The van der Waals surface area contributed by atoms with Crippen molar-refractivity contribution in [3.8, 4) is 11.5 Å². The highest BCUT2D eigenvalue weighted by molar-refractivity contribution is 7.19. The summed E-state index contributed by atoms with van der Waals surface area (Å²) in [5.41, 5.74) is 6.53. The van der Waals surface area contributed by atoms with E-state index in [9.17, 15) is 5.11 Å². The van der Waals surface area contributed by atoms with Gasteiger partial charge in [-0.05, 0) is 41.8 Å². The number of nitrogen functional groups attached to an aromatic ring is 1. The lowest BCUT2D eigenvalue weighted by atomic mass is 10.2. The Morgan fingerprint density at radius 1 is 1.11 bits per heavy atom. The van der Waals surface area contributed by atoms with Crippen LogP contribution in [0.5, 0.6) is 11.5 Å². The fourth-order valence-corrected chi connectivity index (χ4v) is 2.87. The zero-order chi connectivity index (χ0) is 13.2. The normalized spacial score (nSPS) is 10.7. The molecule has 1 aromatic heterocycles. The van der Waals surface area contributed by atoms with E-state index in [1.54, 1.807) is 29.5 Å². The number of phenols is 1. The fraction of sp³-hybridized carbons (Fsp3) is 0.0667. The van der Waals surface area contributed by atoms with Crippen LogP contribution in [0.15, 0.2) is 48.5 Å². The second-order valence-electron chi connectivity index (χ2n) is 4.30. The van der Waals surface area contributed by atoms with Gasteiger partial charge in [-0.1, -0.05) is 6.07 Å². The number of benzene rings is 2. The van der Waals surface area contributed by atoms with E-state index in [1.165, 1.54) is 4.70 Å². The molecular weight excluding hydrogens is 258 g/mol. The van der Waals surface area contributed by atoms with Crippen LogP contribution in [0.3, 0.4) is 0 Å².